The van der Waals surface area contributed by atoms with Gasteiger partial charge in [-0.25, -0.2) is 0 Å². The first-order chi connectivity index (χ1) is 8.20. The second kappa shape index (κ2) is 5.34. The predicted molar refractivity (Wildman–Crippen MR) is 63.0 cm³/mol. The summed E-state index contributed by atoms with van der Waals surface area (Å²) in [6.07, 6.45) is -4.87. The van der Waals surface area contributed by atoms with Crippen LogP contribution in [0.25, 0.3) is 0 Å². The summed E-state index contributed by atoms with van der Waals surface area (Å²) >= 11 is 4.73. The number of alkyl halides is 3. The first-order valence-electron chi connectivity index (χ1n) is 4.89. The van der Waals surface area contributed by atoms with Crippen LogP contribution in [0.1, 0.15) is 18.4 Å². The van der Waals surface area contributed by atoms with Crippen LogP contribution in [-0.4, -0.2) is 26.9 Å². The molecule has 1 aromatic rings. The summed E-state index contributed by atoms with van der Waals surface area (Å²) in [6, 6.07) is 0. The Kier molecular flexibility index (Phi) is 4.28. The van der Waals surface area contributed by atoms with Crippen LogP contribution < -0.4 is 11.1 Å². The highest BCUT2D eigenvalue weighted by Gasteiger charge is 2.28. The van der Waals surface area contributed by atoms with Crippen LogP contribution >= 0.6 is 12.2 Å². The smallest absolute Gasteiger partial charge is 0.389 e. The van der Waals surface area contributed by atoms with Crippen molar-refractivity contribution in [2.45, 2.75) is 19.0 Å². The van der Waals surface area contributed by atoms with Gasteiger partial charge in [-0.2, -0.15) is 18.3 Å². The lowest BCUT2D eigenvalue weighted by atomic mass is 10.2. The number of hydrogen-bond acceptors (Lipinski definition) is 3. The molecule has 5 nitrogen and oxygen atoms in total. The number of nitrogens with zero attached hydrogens (tertiary/aromatic N) is 2. The Morgan fingerprint density at radius 2 is 2.22 bits per heavy atom. The first kappa shape index (κ1) is 14.4. The third-order valence-electron chi connectivity index (χ3n) is 2.10. The van der Waals surface area contributed by atoms with Crippen molar-refractivity contribution in [1.29, 1.82) is 0 Å². The molecule has 0 bridgehead atoms. The number of thiocarbonyl (C=S) groups is 1. The lowest BCUT2D eigenvalue weighted by Gasteiger charge is -2.09. The van der Waals surface area contributed by atoms with Gasteiger partial charge in [0.05, 0.1) is 18.2 Å². The summed E-state index contributed by atoms with van der Waals surface area (Å²) < 4.78 is 37.1. The van der Waals surface area contributed by atoms with Crippen molar-refractivity contribution in [2.75, 3.05) is 5.32 Å². The number of halogens is 3. The molecule has 0 unspecified atom stereocenters. The third kappa shape index (κ3) is 3.99. The molecule has 0 atom stereocenters. The second-order valence-electron chi connectivity index (χ2n) is 3.56. The molecule has 0 spiro atoms. The van der Waals surface area contributed by atoms with Crippen molar-refractivity contribution in [1.82, 2.24) is 9.78 Å². The Labute approximate surface area is 106 Å². The van der Waals surface area contributed by atoms with E-state index in [0.717, 1.165) is 0 Å². The van der Waals surface area contributed by atoms with E-state index in [1.807, 2.05) is 0 Å². The van der Waals surface area contributed by atoms with Crippen LogP contribution in [0.5, 0.6) is 0 Å². The normalized spacial score (nSPS) is 11.3. The van der Waals surface area contributed by atoms with Crippen LogP contribution in [0.4, 0.5) is 19.0 Å². The van der Waals surface area contributed by atoms with E-state index >= 15 is 0 Å². The summed E-state index contributed by atoms with van der Waals surface area (Å²) in [5, 5.41) is 6.12. The van der Waals surface area contributed by atoms with Crippen molar-refractivity contribution >= 4 is 28.9 Å². The van der Waals surface area contributed by atoms with E-state index < -0.39 is 24.9 Å². The van der Waals surface area contributed by atoms with E-state index in [2.05, 4.69) is 10.4 Å². The summed E-state index contributed by atoms with van der Waals surface area (Å²) in [5.74, 6) is -0.580. The van der Waals surface area contributed by atoms with Gasteiger partial charge >= 0.3 is 6.18 Å². The fourth-order valence-corrected chi connectivity index (χ4v) is 1.37. The van der Waals surface area contributed by atoms with Crippen molar-refractivity contribution < 1.29 is 18.0 Å². The Morgan fingerprint density at radius 1 is 1.61 bits per heavy atom. The zero-order valence-electron chi connectivity index (χ0n) is 9.41. The van der Waals surface area contributed by atoms with E-state index in [-0.39, 0.29) is 10.8 Å². The average Bonchev–Trinajstić information content (AvgIpc) is 2.57. The quantitative estimate of drug-likeness (QED) is 0.816. The van der Waals surface area contributed by atoms with Gasteiger partial charge in [0.15, 0.2) is 0 Å². The fraction of sp³-hybridized carbons (Fsp3) is 0.444. The molecule has 1 heterocycles. The number of amides is 1. The van der Waals surface area contributed by atoms with E-state index in [4.69, 9.17) is 18.0 Å². The van der Waals surface area contributed by atoms with Gasteiger partial charge in [0.2, 0.25) is 5.91 Å². The minimum Gasteiger partial charge on any atom is -0.389 e. The molecule has 1 rings (SSSR count). The standard InChI is InChI=1S/C9H11F3N4OS/c1-16-8(5(4-14-16)7(13)18)15-6(17)2-3-9(10,11)12/h4H,2-3H2,1H3,(H2,13,18)(H,15,17). The molecule has 0 aromatic carbocycles. The van der Waals surface area contributed by atoms with Crippen LogP contribution in [0.3, 0.4) is 0 Å². The Bertz CT molecular complexity index is 469. The molecule has 1 amide bonds. The summed E-state index contributed by atoms with van der Waals surface area (Å²) in [4.78, 5) is 11.4. The molecule has 100 valence electrons. The molecule has 0 aliphatic rings. The monoisotopic (exact) mass is 280 g/mol. The molecule has 3 N–H and O–H groups in total. The van der Waals surface area contributed by atoms with Gasteiger partial charge in [0.25, 0.3) is 0 Å². The molecule has 0 aliphatic carbocycles. The topological polar surface area (TPSA) is 72.9 Å². The number of nitrogens with one attached hydrogen (secondary N) is 1. The number of anilines is 1. The van der Waals surface area contributed by atoms with Gasteiger partial charge in [-0.05, 0) is 0 Å². The third-order valence-corrected chi connectivity index (χ3v) is 2.32. The summed E-state index contributed by atoms with van der Waals surface area (Å²) in [6.45, 7) is 0. The number of nitrogens with two attached hydrogens (primary N) is 1. The zero-order valence-corrected chi connectivity index (χ0v) is 10.2. The fourth-order valence-electron chi connectivity index (χ4n) is 1.22. The Morgan fingerprint density at radius 3 is 2.72 bits per heavy atom. The van der Waals surface area contributed by atoms with Crippen molar-refractivity contribution in [3.8, 4) is 0 Å². The van der Waals surface area contributed by atoms with Gasteiger partial charge < -0.3 is 11.1 Å². The molecule has 1 aromatic heterocycles. The SMILES string of the molecule is Cn1ncc(C(N)=S)c1NC(=O)CCC(F)(F)F. The molecule has 0 radical (unpaired) electrons. The molecule has 0 fully saturated rings. The van der Waals surface area contributed by atoms with Gasteiger partial charge in [0.1, 0.15) is 10.8 Å². The predicted octanol–water partition coefficient (Wildman–Crippen LogP) is 1.34. The lowest BCUT2D eigenvalue weighted by Crippen LogP contribution is -2.20. The minimum absolute atomic E-state index is 0.00854. The Balaban J connectivity index is 2.70. The van der Waals surface area contributed by atoms with Crippen molar-refractivity contribution in [2.24, 2.45) is 12.8 Å². The molecule has 9 heteroatoms. The van der Waals surface area contributed by atoms with E-state index in [9.17, 15) is 18.0 Å². The molecule has 0 saturated heterocycles. The highest BCUT2D eigenvalue weighted by molar-refractivity contribution is 7.80. The van der Waals surface area contributed by atoms with Crippen LogP contribution in [0.15, 0.2) is 6.20 Å². The van der Waals surface area contributed by atoms with Gasteiger partial charge in [-0.1, -0.05) is 12.2 Å². The van der Waals surface area contributed by atoms with Crippen molar-refractivity contribution in [3.05, 3.63) is 11.8 Å². The van der Waals surface area contributed by atoms with E-state index in [1.165, 1.54) is 17.9 Å². The molecule has 0 saturated carbocycles. The number of hydrogen-bond donors (Lipinski definition) is 2. The van der Waals surface area contributed by atoms with Crippen LogP contribution in [0, 0.1) is 0 Å². The first-order valence-corrected chi connectivity index (χ1v) is 5.30. The van der Waals surface area contributed by atoms with Gasteiger partial charge in [0, 0.05) is 13.5 Å². The van der Waals surface area contributed by atoms with Crippen LogP contribution in [0.2, 0.25) is 0 Å². The second-order valence-corrected chi connectivity index (χ2v) is 4.00. The highest BCUT2D eigenvalue weighted by Crippen LogP contribution is 2.22. The minimum atomic E-state index is -4.37. The molecular weight excluding hydrogens is 269 g/mol. The number of aryl methyl sites for hydroxylation is 1. The maximum atomic E-state index is 11.9. The van der Waals surface area contributed by atoms with Crippen molar-refractivity contribution in [3.63, 3.8) is 0 Å². The average molecular weight is 280 g/mol. The van der Waals surface area contributed by atoms with Gasteiger partial charge in [-0.3, -0.25) is 9.48 Å². The van der Waals surface area contributed by atoms with Crippen LogP contribution in [-0.2, 0) is 11.8 Å². The number of rotatable bonds is 4. The maximum Gasteiger partial charge on any atom is 0.389 e. The number of carbonyl (C=O) groups excluding carboxylic acids is 1. The number of carbonyl (C=O) groups is 1. The molecular formula is C9H11F3N4OS. The van der Waals surface area contributed by atoms with E-state index in [1.54, 1.807) is 0 Å². The van der Waals surface area contributed by atoms with E-state index in [0.29, 0.717) is 5.56 Å². The maximum absolute atomic E-state index is 11.9. The zero-order chi connectivity index (χ0) is 13.9. The highest BCUT2D eigenvalue weighted by atomic mass is 32.1. The molecule has 0 aliphatic heterocycles. The lowest BCUT2D eigenvalue weighted by molar-refractivity contribution is -0.142. The number of aromatic nitrogens is 2. The summed E-state index contributed by atoms with van der Waals surface area (Å²) in [7, 11) is 1.52. The summed E-state index contributed by atoms with van der Waals surface area (Å²) in [5.41, 5.74) is 5.71. The van der Waals surface area contributed by atoms with Gasteiger partial charge in [-0.15, -0.1) is 0 Å². The largest absolute Gasteiger partial charge is 0.389 e. The Hall–Kier alpha value is -1.64. The molecule has 18 heavy (non-hydrogen) atoms.